The Morgan fingerprint density at radius 1 is 1.29 bits per heavy atom. The number of amides is 1. The average molecular weight is 200 g/mol. The van der Waals surface area contributed by atoms with Gasteiger partial charge in [0.15, 0.2) is 0 Å². The van der Waals surface area contributed by atoms with Gasteiger partial charge in [-0.1, -0.05) is 13.8 Å². The molecular weight excluding hydrogens is 180 g/mol. The molecule has 0 aliphatic rings. The van der Waals surface area contributed by atoms with Crippen LogP contribution < -0.4 is 10.6 Å². The Labute approximate surface area is 85.4 Å². The van der Waals surface area contributed by atoms with Gasteiger partial charge in [0.2, 0.25) is 5.91 Å². The minimum atomic E-state index is -0.497. The second-order valence-corrected chi connectivity index (χ2v) is 3.86. The van der Waals surface area contributed by atoms with Crippen LogP contribution in [0.15, 0.2) is 0 Å². The van der Waals surface area contributed by atoms with Gasteiger partial charge in [-0.25, -0.2) is 0 Å². The number of ketones is 1. The summed E-state index contributed by atoms with van der Waals surface area (Å²) in [6.45, 7) is 5.87. The summed E-state index contributed by atoms with van der Waals surface area (Å²) in [4.78, 5) is 22.7. The third-order valence-electron chi connectivity index (χ3n) is 1.95. The first-order chi connectivity index (χ1) is 6.49. The summed E-state index contributed by atoms with van der Waals surface area (Å²) in [5.41, 5.74) is 0. The Kier molecular flexibility index (Phi) is 6.12. The lowest BCUT2D eigenvalue weighted by Gasteiger charge is -2.15. The molecule has 82 valence electrons. The second-order valence-electron chi connectivity index (χ2n) is 3.86. The topological polar surface area (TPSA) is 58.2 Å². The van der Waals surface area contributed by atoms with E-state index in [4.69, 9.17) is 0 Å². The van der Waals surface area contributed by atoms with Crippen molar-refractivity contribution in [2.24, 2.45) is 11.8 Å². The first-order valence-electron chi connectivity index (χ1n) is 4.91. The van der Waals surface area contributed by atoms with Crippen molar-refractivity contribution in [3.63, 3.8) is 0 Å². The maximum Gasteiger partial charge on any atom is 0.231 e. The van der Waals surface area contributed by atoms with Gasteiger partial charge in [0.1, 0.15) is 5.78 Å². The summed E-state index contributed by atoms with van der Waals surface area (Å²) in [5, 5.41) is 5.45. The number of Topliss-reactive ketones (excluding diaryl/α,β-unsaturated/α-hetero) is 1. The molecule has 1 amide bonds. The van der Waals surface area contributed by atoms with Crippen molar-refractivity contribution in [1.82, 2.24) is 10.6 Å². The summed E-state index contributed by atoms with van der Waals surface area (Å²) >= 11 is 0. The lowest BCUT2D eigenvalue weighted by Crippen LogP contribution is -2.39. The van der Waals surface area contributed by atoms with Gasteiger partial charge in [0, 0.05) is 0 Å². The first-order valence-corrected chi connectivity index (χ1v) is 4.91. The predicted octanol–water partition coefficient (Wildman–Crippen LogP) is 0.531. The number of carbonyl (C=O) groups is 2. The molecule has 0 heterocycles. The molecule has 0 saturated heterocycles. The zero-order valence-electron chi connectivity index (χ0n) is 9.39. The first kappa shape index (κ1) is 13.1. The molecular formula is C10H20N2O2. The van der Waals surface area contributed by atoms with Crippen LogP contribution in [0.4, 0.5) is 0 Å². The van der Waals surface area contributed by atoms with Crippen LogP contribution in [0.3, 0.4) is 0 Å². The summed E-state index contributed by atoms with van der Waals surface area (Å²) in [6, 6.07) is 0. The minimum Gasteiger partial charge on any atom is -0.343 e. The summed E-state index contributed by atoms with van der Waals surface area (Å²) in [5.74, 6) is -0.388. The standard InChI is InChI=1S/C10H20N2O2/c1-7(2)5-9(8(3)13)10(14)12-6-11-4/h7,9,11H,5-6H2,1-4H3,(H,12,14)/t9-/m0/s1. The van der Waals surface area contributed by atoms with E-state index < -0.39 is 5.92 Å². The Morgan fingerprint density at radius 2 is 1.86 bits per heavy atom. The van der Waals surface area contributed by atoms with Crippen molar-refractivity contribution in [2.75, 3.05) is 13.7 Å². The van der Waals surface area contributed by atoms with Gasteiger partial charge in [0.25, 0.3) is 0 Å². The van der Waals surface area contributed by atoms with E-state index in [1.54, 1.807) is 7.05 Å². The molecule has 0 fully saturated rings. The van der Waals surface area contributed by atoms with Crippen LogP contribution in [0.25, 0.3) is 0 Å². The van der Waals surface area contributed by atoms with Crippen LogP contribution >= 0.6 is 0 Å². The summed E-state index contributed by atoms with van der Waals surface area (Å²) < 4.78 is 0. The Balaban J connectivity index is 4.19. The van der Waals surface area contributed by atoms with Crippen LogP contribution in [-0.2, 0) is 9.59 Å². The molecule has 0 aliphatic heterocycles. The van der Waals surface area contributed by atoms with E-state index in [0.29, 0.717) is 19.0 Å². The molecule has 4 heteroatoms. The van der Waals surface area contributed by atoms with Crippen molar-refractivity contribution >= 4 is 11.7 Å². The fraction of sp³-hybridized carbons (Fsp3) is 0.800. The highest BCUT2D eigenvalue weighted by atomic mass is 16.2. The highest BCUT2D eigenvalue weighted by molar-refractivity contribution is 6.00. The number of hydrogen-bond acceptors (Lipinski definition) is 3. The lowest BCUT2D eigenvalue weighted by atomic mass is 9.93. The molecule has 0 aromatic rings. The minimum absolute atomic E-state index is 0.0627. The molecule has 0 aromatic heterocycles. The van der Waals surface area contributed by atoms with Crippen molar-refractivity contribution in [1.29, 1.82) is 0 Å². The fourth-order valence-electron chi connectivity index (χ4n) is 1.23. The quantitative estimate of drug-likeness (QED) is 0.486. The third-order valence-corrected chi connectivity index (χ3v) is 1.95. The van der Waals surface area contributed by atoms with Gasteiger partial charge >= 0.3 is 0 Å². The van der Waals surface area contributed by atoms with Crippen molar-refractivity contribution in [2.45, 2.75) is 27.2 Å². The number of hydrogen-bond donors (Lipinski definition) is 2. The van der Waals surface area contributed by atoms with E-state index in [0.717, 1.165) is 0 Å². The monoisotopic (exact) mass is 200 g/mol. The highest BCUT2D eigenvalue weighted by Crippen LogP contribution is 2.12. The average Bonchev–Trinajstić information content (AvgIpc) is 2.09. The second kappa shape index (κ2) is 6.54. The molecule has 0 aliphatic carbocycles. The van der Waals surface area contributed by atoms with Gasteiger partial charge in [-0.15, -0.1) is 0 Å². The van der Waals surface area contributed by atoms with Crippen molar-refractivity contribution in [3.05, 3.63) is 0 Å². The highest BCUT2D eigenvalue weighted by Gasteiger charge is 2.23. The van der Waals surface area contributed by atoms with Gasteiger partial charge in [-0.3, -0.25) is 9.59 Å². The Bertz CT molecular complexity index is 202. The lowest BCUT2D eigenvalue weighted by molar-refractivity contribution is -0.133. The van der Waals surface area contributed by atoms with E-state index in [1.165, 1.54) is 6.92 Å². The largest absolute Gasteiger partial charge is 0.343 e. The molecule has 0 saturated carbocycles. The smallest absolute Gasteiger partial charge is 0.231 e. The molecule has 2 N–H and O–H groups in total. The van der Waals surface area contributed by atoms with Crippen LogP contribution in [0.1, 0.15) is 27.2 Å². The Morgan fingerprint density at radius 3 is 2.21 bits per heavy atom. The van der Waals surface area contributed by atoms with Crippen molar-refractivity contribution < 1.29 is 9.59 Å². The summed E-state index contributed by atoms with van der Waals surface area (Å²) in [7, 11) is 1.74. The number of nitrogens with one attached hydrogen (secondary N) is 2. The molecule has 0 rings (SSSR count). The van der Waals surface area contributed by atoms with E-state index >= 15 is 0 Å². The molecule has 0 aromatic carbocycles. The third kappa shape index (κ3) is 4.97. The molecule has 0 spiro atoms. The maximum absolute atomic E-state index is 11.5. The predicted molar refractivity (Wildman–Crippen MR) is 55.7 cm³/mol. The Hall–Kier alpha value is -0.900. The van der Waals surface area contributed by atoms with E-state index in [9.17, 15) is 9.59 Å². The van der Waals surface area contributed by atoms with Crippen LogP contribution in [0.2, 0.25) is 0 Å². The molecule has 0 radical (unpaired) electrons. The molecule has 1 atom stereocenters. The van der Waals surface area contributed by atoms with Crippen molar-refractivity contribution in [3.8, 4) is 0 Å². The SMILES string of the molecule is CNCNC(=O)[C@@H](CC(C)C)C(C)=O. The van der Waals surface area contributed by atoms with Gasteiger partial charge in [-0.2, -0.15) is 0 Å². The zero-order chi connectivity index (χ0) is 11.1. The maximum atomic E-state index is 11.5. The van der Waals surface area contributed by atoms with Gasteiger partial charge in [0.05, 0.1) is 12.6 Å². The molecule has 4 nitrogen and oxygen atoms in total. The van der Waals surface area contributed by atoms with E-state index in [1.807, 2.05) is 13.8 Å². The van der Waals surface area contributed by atoms with Gasteiger partial charge in [-0.05, 0) is 26.3 Å². The number of carbonyl (C=O) groups excluding carboxylic acids is 2. The fourth-order valence-corrected chi connectivity index (χ4v) is 1.23. The van der Waals surface area contributed by atoms with Crippen LogP contribution in [0, 0.1) is 11.8 Å². The molecule has 14 heavy (non-hydrogen) atoms. The molecule has 0 bridgehead atoms. The normalized spacial score (nSPS) is 12.6. The molecule has 0 unspecified atom stereocenters. The van der Waals surface area contributed by atoms with Crippen LogP contribution in [0.5, 0.6) is 0 Å². The number of rotatable bonds is 6. The van der Waals surface area contributed by atoms with Gasteiger partial charge < -0.3 is 10.6 Å². The zero-order valence-corrected chi connectivity index (χ0v) is 9.39. The summed E-state index contributed by atoms with van der Waals surface area (Å²) in [6.07, 6.45) is 0.616. The van der Waals surface area contributed by atoms with Crippen LogP contribution in [-0.4, -0.2) is 25.4 Å². The van der Waals surface area contributed by atoms with E-state index in [-0.39, 0.29) is 11.7 Å². The van der Waals surface area contributed by atoms with E-state index in [2.05, 4.69) is 10.6 Å².